The molecule has 0 aliphatic carbocycles. The van der Waals surface area contributed by atoms with Gasteiger partial charge in [-0.15, -0.1) is 11.8 Å². The molecule has 0 spiro atoms. The quantitative estimate of drug-likeness (QED) is 0.640. The highest BCUT2D eigenvalue weighted by Crippen LogP contribution is 2.40. The third kappa shape index (κ3) is 3.46. The lowest BCUT2D eigenvalue weighted by molar-refractivity contribution is 0.965. The number of thioether (sulfide) groups is 1. The molecule has 6 heteroatoms. The van der Waals surface area contributed by atoms with Gasteiger partial charge >= 0.3 is 5.69 Å². The molecule has 4 rings (SSSR count). The molecule has 28 heavy (non-hydrogen) atoms. The summed E-state index contributed by atoms with van der Waals surface area (Å²) < 4.78 is 0. The van der Waals surface area contributed by atoms with Crippen LogP contribution in [-0.4, -0.2) is 22.8 Å². The number of aromatic nitrogens is 2. The Morgan fingerprint density at radius 1 is 0.964 bits per heavy atom. The van der Waals surface area contributed by atoms with Crippen molar-refractivity contribution in [3.63, 3.8) is 0 Å². The van der Waals surface area contributed by atoms with Crippen molar-refractivity contribution in [2.45, 2.75) is 4.90 Å². The first kappa shape index (κ1) is 18.1. The van der Waals surface area contributed by atoms with Crippen LogP contribution in [0, 0.1) is 0 Å². The van der Waals surface area contributed by atoms with Gasteiger partial charge in [0.1, 0.15) is 0 Å². The maximum Gasteiger partial charge on any atom is 0.326 e. The van der Waals surface area contributed by atoms with Gasteiger partial charge in [-0.2, -0.15) is 0 Å². The smallest absolute Gasteiger partial charge is 0.326 e. The fraction of sp³-hybridized carbons (Fsp3) is 0.0909. The number of fused-ring (bicyclic) bond motifs is 1. The Hall–Kier alpha value is -3.25. The fourth-order valence-corrected chi connectivity index (χ4v) is 4.37. The molecule has 5 nitrogen and oxygen atoms in total. The van der Waals surface area contributed by atoms with Gasteiger partial charge < -0.3 is 10.3 Å². The van der Waals surface area contributed by atoms with Crippen LogP contribution >= 0.6 is 11.8 Å². The number of aromatic amines is 2. The SMILES string of the molecule is CN/C(=C\C(=C1/CSc2c1[nH]c(=O)[nH]c2=O)c1ccccc1)c1ccccc1. The second-order valence-corrected chi connectivity index (χ2v) is 7.32. The third-order valence-corrected chi connectivity index (χ3v) is 5.73. The van der Waals surface area contributed by atoms with Gasteiger partial charge in [0.2, 0.25) is 0 Å². The van der Waals surface area contributed by atoms with Gasteiger partial charge in [-0.3, -0.25) is 9.78 Å². The summed E-state index contributed by atoms with van der Waals surface area (Å²) in [6.45, 7) is 0. The Morgan fingerprint density at radius 2 is 1.61 bits per heavy atom. The van der Waals surface area contributed by atoms with E-state index in [-0.39, 0.29) is 5.56 Å². The summed E-state index contributed by atoms with van der Waals surface area (Å²) in [5.74, 6) is 0.616. The number of nitrogens with one attached hydrogen (secondary N) is 3. The van der Waals surface area contributed by atoms with E-state index in [1.807, 2.05) is 67.7 Å². The third-order valence-electron chi connectivity index (χ3n) is 4.61. The zero-order valence-corrected chi connectivity index (χ0v) is 16.1. The molecule has 0 amide bonds. The number of benzene rings is 2. The first-order valence-electron chi connectivity index (χ1n) is 8.90. The van der Waals surface area contributed by atoms with E-state index in [9.17, 15) is 9.59 Å². The van der Waals surface area contributed by atoms with Crippen LogP contribution in [0.5, 0.6) is 0 Å². The summed E-state index contributed by atoms with van der Waals surface area (Å²) in [5, 5.41) is 3.27. The monoisotopic (exact) mass is 389 g/mol. The molecule has 2 heterocycles. The number of hydrogen-bond donors (Lipinski definition) is 3. The minimum absolute atomic E-state index is 0.341. The van der Waals surface area contributed by atoms with Gasteiger partial charge in [-0.05, 0) is 28.3 Å². The van der Waals surface area contributed by atoms with Gasteiger partial charge in [0.05, 0.1) is 10.6 Å². The van der Waals surface area contributed by atoms with Gasteiger partial charge in [0.15, 0.2) is 0 Å². The molecule has 1 aromatic heterocycles. The first-order valence-corrected chi connectivity index (χ1v) is 9.89. The van der Waals surface area contributed by atoms with E-state index in [4.69, 9.17) is 0 Å². The Labute approximate surface area is 166 Å². The topological polar surface area (TPSA) is 77.8 Å². The van der Waals surface area contributed by atoms with E-state index < -0.39 is 5.69 Å². The minimum atomic E-state index is -0.489. The summed E-state index contributed by atoms with van der Waals surface area (Å²) >= 11 is 1.44. The van der Waals surface area contributed by atoms with Crippen molar-refractivity contribution >= 4 is 28.6 Å². The molecule has 0 bridgehead atoms. The Kier molecular flexibility index (Phi) is 5.04. The molecule has 2 aromatic carbocycles. The maximum atomic E-state index is 12.2. The molecular formula is C22H19N3O2S. The first-order chi connectivity index (χ1) is 13.7. The van der Waals surface area contributed by atoms with Crippen molar-refractivity contribution in [3.8, 4) is 0 Å². The van der Waals surface area contributed by atoms with Gasteiger partial charge in [0.25, 0.3) is 5.56 Å². The summed E-state index contributed by atoms with van der Waals surface area (Å²) in [6.07, 6.45) is 2.08. The van der Waals surface area contributed by atoms with E-state index >= 15 is 0 Å². The summed E-state index contributed by atoms with van der Waals surface area (Å²) in [5.41, 5.74) is 4.73. The molecule has 1 aliphatic rings. The Bertz CT molecular complexity index is 1180. The average molecular weight is 389 g/mol. The van der Waals surface area contributed by atoms with Crippen molar-refractivity contribution in [1.29, 1.82) is 0 Å². The number of allylic oxidation sites excluding steroid dienone is 2. The van der Waals surface area contributed by atoms with Crippen molar-refractivity contribution in [3.05, 3.63) is 104 Å². The van der Waals surface area contributed by atoms with Gasteiger partial charge in [0, 0.05) is 18.5 Å². The predicted molar refractivity (Wildman–Crippen MR) is 115 cm³/mol. The lowest BCUT2D eigenvalue weighted by Crippen LogP contribution is -2.24. The summed E-state index contributed by atoms with van der Waals surface area (Å²) in [4.78, 5) is 29.8. The molecule has 3 aromatic rings. The van der Waals surface area contributed by atoms with Crippen LogP contribution in [0.4, 0.5) is 0 Å². The molecule has 0 saturated carbocycles. The van der Waals surface area contributed by atoms with Gasteiger partial charge in [-0.1, -0.05) is 60.7 Å². The fourth-order valence-electron chi connectivity index (χ4n) is 3.28. The van der Waals surface area contributed by atoms with E-state index in [0.717, 1.165) is 28.0 Å². The minimum Gasteiger partial charge on any atom is -0.388 e. The molecule has 0 unspecified atom stereocenters. The predicted octanol–water partition coefficient (Wildman–Crippen LogP) is 3.34. The van der Waals surface area contributed by atoms with Crippen molar-refractivity contribution in [1.82, 2.24) is 15.3 Å². The highest BCUT2D eigenvalue weighted by molar-refractivity contribution is 8.00. The van der Waals surface area contributed by atoms with Crippen LogP contribution in [0.15, 0.2) is 81.2 Å². The summed E-state index contributed by atoms with van der Waals surface area (Å²) in [7, 11) is 1.88. The average Bonchev–Trinajstić information content (AvgIpc) is 3.14. The molecular weight excluding hydrogens is 370 g/mol. The normalized spacial score (nSPS) is 15.2. The number of hydrogen-bond acceptors (Lipinski definition) is 4. The lowest BCUT2D eigenvalue weighted by atomic mass is 9.96. The van der Waals surface area contributed by atoms with Gasteiger partial charge in [-0.25, -0.2) is 4.79 Å². The van der Waals surface area contributed by atoms with E-state index in [0.29, 0.717) is 16.3 Å². The second-order valence-electron chi connectivity index (χ2n) is 6.33. The zero-order valence-electron chi connectivity index (χ0n) is 15.3. The number of rotatable bonds is 4. The largest absolute Gasteiger partial charge is 0.388 e. The van der Waals surface area contributed by atoms with Crippen LogP contribution in [0.2, 0.25) is 0 Å². The summed E-state index contributed by atoms with van der Waals surface area (Å²) in [6, 6.07) is 20.0. The van der Waals surface area contributed by atoms with Crippen molar-refractivity contribution < 1.29 is 0 Å². The van der Waals surface area contributed by atoms with Crippen LogP contribution in [0.3, 0.4) is 0 Å². The maximum absolute atomic E-state index is 12.2. The zero-order chi connectivity index (χ0) is 19.5. The molecule has 3 N–H and O–H groups in total. The molecule has 0 atom stereocenters. The molecule has 1 aliphatic heterocycles. The molecule has 0 radical (unpaired) electrons. The molecule has 0 fully saturated rings. The van der Waals surface area contributed by atoms with E-state index in [1.54, 1.807) is 0 Å². The van der Waals surface area contributed by atoms with Crippen LogP contribution in [0.1, 0.15) is 16.8 Å². The Morgan fingerprint density at radius 3 is 2.25 bits per heavy atom. The lowest BCUT2D eigenvalue weighted by Gasteiger charge is -2.13. The van der Waals surface area contributed by atoms with Crippen molar-refractivity contribution in [2.75, 3.05) is 12.8 Å². The van der Waals surface area contributed by atoms with Crippen LogP contribution < -0.4 is 16.6 Å². The van der Waals surface area contributed by atoms with E-state index in [2.05, 4.69) is 21.4 Å². The molecule has 140 valence electrons. The van der Waals surface area contributed by atoms with Crippen LogP contribution in [-0.2, 0) is 0 Å². The Balaban J connectivity index is 1.98. The standard InChI is InChI=1S/C22H19N3O2S/c1-23-18(15-10-6-3-7-11-15)12-16(14-8-4-2-5-9-14)17-13-28-20-19(17)24-22(27)25-21(20)26/h2-12,23H,13H2,1H3,(H2,24,25,26,27)/b17-16-,18-12-. The molecule has 0 saturated heterocycles. The highest BCUT2D eigenvalue weighted by Gasteiger charge is 2.24. The van der Waals surface area contributed by atoms with Crippen molar-refractivity contribution in [2.24, 2.45) is 0 Å². The van der Waals surface area contributed by atoms with Crippen LogP contribution in [0.25, 0.3) is 16.8 Å². The highest BCUT2D eigenvalue weighted by atomic mass is 32.2. The second kappa shape index (κ2) is 7.78. The number of H-pyrrole nitrogens is 2. The van der Waals surface area contributed by atoms with E-state index in [1.165, 1.54) is 11.8 Å².